The van der Waals surface area contributed by atoms with Crippen LogP contribution in [0.1, 0.15) is 25.7 Å². The fraction of sp³-hybridized carbons (Fsp3) is 0.800. The van der Waals surface area contributed by atoms with Gasteiger partial charge < -0.3 is 10.5 Å². The number of aromatic nitrogens is 3. The van der Waals surface area contributed by atoms with Gasteiger partial charge in [0.2, 0.25) is 5.95 Å². The molecule has 0 saturated carbocycles. The Bertz CT molecular complexity index is 336. The van der Waals surface area contributed by atoms with Crippen LogP contribution in [-0.4, -0.2) is 33.2 Å². The maximum atomic E-state index is 5.60. The Balaban J connectivity index is 1.66. The summed E-state index contributed by atoms with van der Waals surface area (Å²) in [5.74, 6) is 1.52. The van der Waals surface area contributed by atoms with E-state index in [0.29, 0.717) is 12.1 Å². The molecule has 0 bridgehead atoms. The summed E-state index contributed by atoms with van der Waals surface area (Å²) in [4.78, 5) is 0. The zero-order valence-electron chi connectivity index (χ0n) is 9.56. The number of hydrogen-bond acceptors (Lipinski definition) is 5. The van der Waals surface area contributed by atoms with E-state index in [2.05, 4.69) is 10.2 Å². The first kappa shape index (κ1) is 11.7. The second kappa shape index (κ2) is 5.54. The Kier molecular flexibility index (Phi) is 4.06. The molecule has 90 valence electrons. The molecular formula is C10H18N4OS. The first-order valence-corrected chi connectivity index (χ1v) is 6.65. The average Bonchev–Trinajstić information content (AvgIpc) is 2.88. The molecule has 1 saturated heterocycles. The van der Waals surface area contributed by atoms with Crippen LogP contribution in [0, 0.1) is 0 Å². The second-order valence-electron chi connectivity index (χ2n) is 4.03. The minimum atomic E-state index is 0.474. The number of hydrogen-bond donors (Lipinski definition) is 1. The van der Waals surface area contributed by atoms with E-state index in [1.807, 2.05) is 11.6 Å². The van der Waals surface area contributed by atoms with Gasteiger partial charge in [0.25, 0.3) is 0 Å². The highest BCUT2D eigenvalue weighted by molar-refractivity contribution is 7.99. The van der Waals surface area contributed by atoms with Crippen LogP contribution in [0.2, 0.25) is 0 Å². The lowest BCUT2D eigenvalue weighted by molar-refractivity contribution is 0.104. The van der Waals surface area contributed by atoms with Crippen molar-refractivity contribution in [3.63, 3.8) is 0 Å². The zero-order valence-corrected chi connectivity index (χ0v) is 10.4. The van der Waals surface area contributed by atoms with Crippen molar-refractivity contribution in [3.05, 3.63) is 0 Å². The molecule has 2 rings (SSSR count). The SMILES string of the molecule is Cn1c(N)nnc1SCCCC1CCCO1. The number of nitrogens with two attached hydrogens (primary N) is 1. The third-order valence-electron chi connectivity index (χ3n) is 2.79. The lowest BCUT2D eigenvalue weighted by atomic mass is 10.1. The van der Waals surface area contributed by atoms with Crippen molar-refractivity contribution in [1.29, 1.82) is 0 Å². The van der Waals surface area contributed by atoms with E-state index >= 15 is 0 Å². The van der Waals surface area contributed by atoms with E-state index in [0.717, 1.165) is 30.4 Å². The van der Waals surface area contributed by atoms with Crippen LogP contribution in [0.5, 0.6) is 0 Å². The average molecular weight is 242 g/mol. The molecule has 1 fully saturated rings. The molecule has 0 radical (unpaired) electrons. The Labute approximate surface area is 99.7 Å². The number of anilines is 1. The van der Waals surface area contributed by atoms with Crippen molar-refractivity contribution in [2.75, 3.05) is 18.1 Å². The minimum absolute atomic E-state index is 0.474. The van der Waals surface area contributed by atoms with Crippen molar-refractivity contribution < 1.29 is 4.74 Å². The van der Waals surface area contributed by atoms with Crippen molar-refractivity contribution in [2.45, 2.75) is 36.9 Å². The van der Waals surface area contributed by atoms with Crippen molar-refractivity contribution in [3.8, 4) is 0 Å². The van der Waals surface area contributed by atoms with Gasteiger partial charge in [0.1, 0.15) is 0 Å². The van der Waals surface area contributed by atoms with Gasteiger partial charge in [-0.25, -0.2) is 0 Å². The van der Waals surface area contributed by atoms with Crippen LogP contribution in [0.3, 0.4) is 0 Å². The monoisotopic (exact) mass is 242 g/mol. The lowest BCUT2D eigenvalue weighted by Gasteiger charge is -2.07. The molecule has 1 aromatic heterocycles. The zero-order chi connectivity index (χ0) is 11.4. The summed E-state index contributed by atoms with van der Waals surface area (Å²) in [6.07, 6.45) is 5.24. The highest BCUT2D eigenvalue weighted by atomic mass is 32.2. The van der Waals surface area contributed by atoms with Gasteiger partial charge in [0.05, 0.1) is 6.10 Å². The van der Waals surface area contributed by atoms with Crippen LogP contribution >= 0.6 is 11.8 Å². The summed E-state index contributed by atoms with van der Waals surface area (Å²) in [7, 11) is 1.89. The standard InChI is InChI=1S/C10H18N4OS/c1-14-9(11)12-13-10(14)16-7-3-5-8-4-2-6-15-8/h8H,2-7H2,1H3,(H2,11,12). The molecule has 0 aromatic carbocycles. The van der Waals surface area contributed by atoms with Gasteiger partial charge >= 0.3 is 0 Å². The molecule has 1 unspecified atom stereocenters. The van der Waals surface area contributed by atoms with Crippen LogP contribution in [0.4, 0.5) is 5.95 Å². The fourth-order valence-electron chi connectivity index (χ4n) is 1.80. The molecule has 1 aliphatic heterocycles. The van der Waals surface area contributed by atoms with E-state index in [-0.39, 0.29) is 0 Å². The van der Waals surface area contributed by atoms with Gasteiger partial charge in [-0.1, -0.05) is 11.8 Å². The predicted octanol–water partition coefficient (Wildman–Crippen LogP) is 1.45. The van der Waals surface area contributed by atoms with Gasteiger partial charge in [-0.05, 0) is 25.7 Å². The molecule has 2 heterocycles. The molecule has 1 aromatic rings. The highest BCUT2D eigenvalue weighted by Gasteiger charge is 2.14. The van der Waals surface area contributed by atoms with Gasteiger partial charge in [0, 0.05) is 19.4 Å². The fourth-order valence-corrected chi connectivity index (χ4v) is 2.68. The van der Waals surface area contributed by atoms with Crippen molar-refractivity contribution in [2.24, 2.45) is 7.05 Å². The number of nitrogens with zero attached hydrogens (tertiary/aromatic N) is 3. The molecule has 0 amide bonds. The van der Waals surface area contributed by atoms with Crippen molar-refractivity contribution in [1.82, 2.24) is 14.8 Å². The quantitative estimate of drug-likeness (QED) is 0.625. The van der Waals surface area contributed by atoms with Gasteiger partial charge in [-0.2, -0.15) is 0 Å². The summed E-state index contributed by atoms with van der Waals surface area (Å²) in [5.41, 5.74) is 5.60. The number of rotatable bonds is 5. The summed E-state index contributed by atoms with van der Waals surface area (Å²) in [6, 6.07) is 0. The summed E-state index contributed by atoms with van der Waals surface area (Å²) < 4.78 is 7.39. The first-order chi connectivity index (χ1) is 7.77. The molecule has 2 N–H and O–H groups in total. The molecule has 0 aliphatic carbocycles. The Morgan fingerprint density at radius 1 is 1.56 bits per heavy atom. The van der Waals surface area contributed by atoms with E-state index in [1.165, 1.54) is 12.8 Å². The molecule has 16 heavy (non-hydrogen) atoms. The maximum absolute atomic E-state index is 5.60. The molecule has 6 heteroatoms. The van der Waals surface area contributed by atoms with Gasteiger partial charge in [-0.15, -0.1) is 10.2 Å². The third-order valence-corrected chi connectivity index (χ3v) is 3.90. The smallest absolute Gasteiger partial charge is 0.222 e. The normalized spacial score (nSPS) is 20.4. The van der Waals surface area contributed by atoms with E-state index in [9.17, 15) is 0 Å². The van der Waals surface area contributed by atoms with Gasteiger partial charge in [0.15, 0.2) is 5.16 Å². The number of nitrogen functional groups attached to an aromatic ring is 1. The molecule has 0 spiro atoms. The van der Waals surface area contributed by atoms with Crippen molar-refractivity contribution >= 4 is 17.7 Å². The van der Waals surface area contributed by atoms with E-state index in [4.69, 9.17) is 10.5 Å². The lowest BCUT2D eigenvalue weighted by Crippen LogP contribution is -2.05. The van der Waals surface area contributed by atoms with Gasteiger partial charge in [-0.3, -0.25) is 4.57 Å². The molecule has 1 aliphatic rings. The minimum Gasteiger partial charge on any atom is -0.378 e. The largest absolute Gasteiger partial charge is 0.378 e. The van der Waals surface area contributed by atoms with Crippen LogP contribution in [0.15, 0.2) is 5.16 Å². The van der Waals surface area contributed by atoms with E-state index in [1.54, 1.807) is 11.8 Å². The summed E-state index contributed by atoms with van der Waals surface area (Å²) in [5, 5.41) is 8.72. The predicted molar refractivity (Wildman–Crippen MR) is 64.3 cm³/mol. The molecular weight excluding hydrogens is 224 g/mol. The molecule has 1 atom stereocenters. The summed E-state index contributed by atoms with van der Waals surface area (Å²) in [6.45, 7) is 0.942. The maximum Gasteiger partial charge on any atom is 0.222 e. The molecule has 5 nitrogen and oxygen atoms in total. The van der Waals surface area contributed by atoms with E-state index < -0.39 is 0 Å². The van der Waals surface area contributed by atoms with Crippen LogP contribution in [0.25, 0.3) is 0 Å². The van der Waals surface area contributed by atoms with Crippen LogP contribution in [-0.2, 0) is 11.8 Å². The summed E-state index contributed by atoms with van der Waals surface area (Å²) >= 11 is 1.71. The number of thioether (sulfide) groups is 1. The highest BCUT2D eigenvalue weighted by Crippen LogP contribution is 2.21. The topological polar surface area (TPSA) is 66.0 Å². The van der Waals surface area contributed by atoms with Crippen LogP contribution < -0.4 is 5.73 Å². The Morgan fingerprint density at radius 2 is 2.44 bits per heavy atom. The number of ether oxygens (including phenoxy) is 1. The second-order valence-corrected chi connectivity index (χ2v) is 5.09. The Morgan fingerprint density at radius 3 is 3.06 bits per heavy atom. The third kappa shape index (κ3) is 2.89. The Hall–Kier alpha value is -0.750. The first-order valence-electron chi connectivity index (χ1n) is 5.66.